The molecule has 0 saturated heterocycles. The molecule has 0 aliphatic carbocycles. The molecule has 64 valence electrons. The van der Waals surface area contributed by atoms with Crippen molar-refractivity contribution < 1.29 is 4.79 Å². The van der Waals surface area contributed by atoms with Gasteiger partial charge in [0.2, 0.25) is 5.91 Å². The van der Waals surface area contributed by atoms with E-state index >= 15 is 0 Å². The van der Waals surface area contributed by atoms with Crippen LogP contribution < -0.4 is 5.73 Å². The molecule has 0 bridgehead atoms. The predicted molar refractivity (Wildman–Crippen MR) is 51.4 cm³/mol. The highest BCUT2D eigenvalue weighted by molar-refractivity contribution is 5.91. The fourth-order valence-corrected chi connectivity index (χ4v) is 0.489. The molecule has 0 aliphatic heterocycles. The van der Waals surface area contributed by atoms with E-state index in [1.165, 1.54) is 0 Å². The van der Waals surface area contributed by atoms with Crippen molar-refractivity contribution >= 4 is 5.91 Å². The molecule has 2 heteroatoms. The second-order valence-corrected chi connectivity index (χ2v) is 2.22. The van der Waals surface area contributed by atoms with E-state index in [2.05, 4.69) is 6.58 Å². The lowest BCUT2D eigenvalue weighted by Gasteiger charge is -1.87. The third-order valence-electron chi connectivity index (χ3n) is 1.20. The van der Waals surface area contributed by atoms with Crippen LogP contribution in [0.4, 0.5) is 0 Å². The monoisotopic (exact) mass is 163 g/mol. The molecule has 0 radical (unpaired) electrons. The van der Waals surface area contributed by atoms with E-state index < -0.39 is 5.91 Å². The number of carbonyl (C=O) groups is 1. The summed E-state index contributed by atoms with van der Waals surface area (Å²) in [6, 6.07) is 0. The Bertz CT molecular complexity index is 247. The first-order chi connectivity index (χ1) is 5.68. The summed E-state index contributed by atoms with van der Waals surface area (Å²) in [5.74, 6) is -0.396. The van der Waals surface area contributed by atoms with Crippen LogP contribution in [0.15, 0.2) is 48.6 Å². The number of primary amides is 1. The average molecular weight is 163 g/mol. The maximum Gasteiger partial charge on any atom is 0.244 e. The first kappa shape index (κ1) is 10.4. The number of allylic oxidation sites excluding steroid dienone is 6. The summed E-state index contributed by atoms with van der Waals surface area (Å²) in [4.78, 5) is 10.5. The quantitative estimate of drug-likeness (QED) is 0.497. The lowest BCUT2D eigenvalue weighted by atomic mass is 10.2. The zero-order valence-electron chi connectivity index (χ0n) is 7.16. The molecule has 0 aromatic heterocycles. The predicted octanol–water partition coefficient (Wildman–Crippen LogP) is 1.72. The molecule has 0 aliphatic rings. The van der Waals surface area contributed by atoms with Crippen molar-refractivity contribution in [2.24, 2.45) is 5.73 Å². The fourth-order valence-electron chi connectivity index (χ4n) is 0.489. The van der Waals surface area contributed by atoms with Crippen molar-refractivity contribution in [3.63, 3.8) is 0 Å². The third-order valence-corrected chi connectivity index (χ3v) is 1.20. The van der Waals surface area contributed by atoms with E-state index in [0.29, 0.717) is 5.57 Å². The summed E-state index contributed by atoms with van der Waals surface area (Å²) in [6.07, 6.45) is 10.5. The second-order valence-electron chi connectivity index (χ2n) is 2.22. The van der Waals surface area contributed by atoms with Crippen molar-refractivity contribution in [1.29, 1.82) is 0 Å². The van der Waals surface area contributed by atoms with Gasteiger partial charge in [-0.2, -0.15) is 0 Å². The summed E-state index contributed by atoms with van der Waals surface area (Å²) < 4.78 is 0. The smallest absolute Gasteiger partial charge is 0.244 e. The SMILES string of the molecule is C=CC=CC=CC=C(C)C(N)=O. The summed E-state index contributed by atoms with van der Waals surface area (Å²) in [6.45, 7) is 5.18. The minimum Gasteiger partial charge on any atom is -0.366 e. The van der Waals surface area contributed by atoms with E-state index in [9.17, 15) is 4.79 Å². The van der Waals surface area contributed by atoms with Crippen LogP contribution >= 0.6 is 0 Å². The maximum absolute atomic E-state index is 10.5. The van der Waals surface area contributed by atoms with Gasteiger partial charge < -0.3 is 5.73 Å². The second kappa shape index (κ2) is 6.16. The van der Waals surface area contributed by atoms with E-state index in [4.69, 9.17) is 5.73 Å². The molecule has 0 saturated carbocycles. The van der Waals surface area contributed by atoms with Gasteiger partial charge in [-0.1, -0.05) is 43.0 Å². The Morgan fingerprint density at radius 2 is 1.83 bits per heavy atom. The molecule has 0 heterocycles. The van der Waals surface area contributed by atoms with Gasteiger partial charge in [0.15, 0.2) is 0 Å². The van der Waals surface area contributed by atoms with Crippen molar-refractivity contribution in [3.8, 4) is 0 Å². The van der Waals surface area contributed by atoms with Gasteiger partial charge in [-0.25, -0.2) is 0 Å². The molecule has 2 nitrogen and oxygen atoms in total. The zero-order chi connectivity index (χ0) is 9.40. The summed E-state index contributed by atoms with van der Waals surface area (Å²) in [7, 11) is 0. The van der Waals surface area contributed by atoms with Crippen molar-refractivity contribution in [3.05, 3.63) is 48.6 Å². The van der Waals surface area contributed by atoms with Crippen LogP contribution in [0.2, 0.25) is 0 Å². The minimum absolute atomic E-state index is 0.396. The Morgan fingerprint density at radius 1 is 1.25 bits per heavy atom. The summed E-state index contributed by atoms with van der Waals surface area (Å²) in [5.41, 5.74) is 5.54. The van der Waals surface area contributed by atoms with Gasteiger partial charge in [-0.3, -0.25) is 4.79 Å². The molecule has 12 heavy (non-hydrogen) atoms. The minimum atomic E-state index is -0.396. The van der Waals surface area contributed by atoms with Crippen molar-refractivity contribution in [2.75, 3.05) is 0 Å². The lowest BCUT2D eigenvalue weighted by molar-refractivity contribution is -0.114. The molecular weight excluding hydrogens is 150 g/mol. The number of hydrogen-bond acceptors (Lipinski definition) is 1. The van der Waals surface area contributed by atoms with Crippen LogP contribution in [0.25, 0.3) is 0 Å². The Kier molecular flexibility index (Phi) is 5.35. The highest BCUT2D eigenvalue weighted by atomic mass is 16.1. The zero-order valence-corrected chi connectivity index (χ0v) is 7.16. The van der Waals surface area contributed by atoms with Gasteiger partial charge in [-0.15, -0.1) is 0 Å². The maximum atomic E-state index is 10.5. The molecule has 0 rings (SSSR count). The molecular formula is C10H13NO. The van der Waals surface area contributed by atoms with Crippen LogP contribution in [-0.4, -0.2) is 5.91 Å². The largest absolute Gasteiger partial charge is 0.366 e. The molecule has 0 aromatic rings. The van der Waals surface area contributed by atoms with Crippen LogP contribution in [0.3, 0.4) is 0 Å². The molecule has 2 N–H and O–H groups in total. The molecule has 0 unspecified atom stereocenters. The highest BCUT2D eigenvalue weighted by Gasteiger charge is 1.91. The van der Waals surface area contributed by atoms with Gasteiger partial charge in [0.05, 0.1) is 0 Å². The number of amides is 1. The first-order valence-corrected chi connectivity index (χ1v) is 3.61. The Hall–Kier alpha value is -1.57. The van der Waals surface area contributed by atoms with Gasteiger partial charge >= 0.3 is 0 Å². The number of nitrogens with two attached hydrogens (primary N) is 1. The average Bonchev–Trinajstić information content (AvgIpc) is 2.03. The van der Waals surface area contributed by atoms with E-state index in [0.717, 1.165) is 0 Å². The third kappa shape index (κ3) is 5.23. The fraction of sp³-hybridized carbons (Fsp3) is 0.100. The van der Waals surface area contributed by atoms with Crippen LogP contribution in [0, 0.1) is 0 Å². The van der Waals surface area contributed by atoms with E-state index in [-0.39, 0.29) is 0 Å². The van der Waals surface area contributed by atoms with Crippen molar-refractivity contribution in [2.45, 2.75) is 6.92 Å². The molecule has 1 amide bonds. The summed E-state index contributed by atoms with van der Waals surface area (Å²) >= 11 is 0. The van der Waals surface area contributed by atoms with Crippen molar-refractivity contribution in [1.82, 2.24) is 0 Å². The molecule has 0 atom stereocenters. The van der Waals surface area contributed by atoms with Gasteiger partial charge in [-0.05, 0) is 6.92 Å². The van der Waals surface area contributed by atoms with Crippen LogP contribution in [0.1, 0.15) is 6.92 Å². The normalized spacial score (nSPS) is 12.6. The summed E-state index contributed by atoms with van der Waals surface area (Å²) in [5, 5.41) is 0. The number of carbonyl (C=O) groups excluding carboxylic acids is 1. The lowest BCUT2D eigenvalue weighted by Crippen LogP contribution is -2.11. The first-order valence-electron chi connectivity index (χ1n) is 3.61. The van der Waals surface area contributed by atoms with Crippen LogP contribution in [-0.2, 0) is 4.79 Å². The highest BCUT2D eigenvalue weighted by Crippen LogP contribution is 1.90. The van der Waals surface area contributed by atoms with Gasteiger partial charge in [0.1, 0.15) is 0 Å². The molecule has 0 spiro atoms. The Balaban J connectivity index is 4.03. The Labute approximate surface area is 72.8 Å². The number of rotatable bonds is 4. The van der Waals surface area contributed by atoms with Gasteiger partial charge in [0.25, 0.3) is 0 Å². The Morgan fingerprint density at radius 3 is 2.33 bits per heavy atom. The van der Waals surface area contributed by atoms with Crippen LogP contribution in [0.5, 0.6) is 0 Å². The van der Waals surface area contributed by atoms with Gasteiger partial charge in [0, 0.05) is 5.57 Å². The topological polar surface area (TPSA) is 43.1 Å². The molecule has 0 fully saturated rings. The molecule has 0 aromatic carbocycles. The standard InChI is InChI=1S/C10H13NO/c1-3-4-5-6-7-8-9(2)10(11)12/h3-8H,1H2,2H3,(H2,11,12). The van der Waals surface area contributed by atoms with E-state index in [1.54, 1.807) is 37.3 Å². The number of hydrogen-bond donors (Lipinski definition) is 1. The van der Waals surface area contributed by atoms with E-state index in [1.807, 2.05) is 6.08 Å².